The zero-order chi connectivity index (χ0) is 18.9. The molecule has 0 aliphatic carbocycles. The molecule has 1 aliphatic rings. The van der Waals surface area contributed by atoms with Gasteiger partial charge in [0.15, 0.2) is 0 Å². The first-order valence-electron chi connectivity index (χ1n) is 9.49. The number of carbonyl (C=O) groups is 2. The number of amides is 2. The molecule has 5 nitrogen and oxygen atoms in total. The lowest BCUT2D eigenvalue weighted by atomic mass is 10.1. The lowest BCUT2D eigenvalue weighted by Gasteiger charge is -2.15. The van der Waals surface area contributed by atoms with E-state index in [1.165, 1.54) is 0 Å². The highest BCUT2D eigenvalue weighted by Gasteiger charge is 2.19. The Morgan fingerprint density at radius 3 is 2.52 bits per heavy atom. The molecule has 1 aliphatic heterocycles. The number of ether oxygens (including phenoxy) is 1. The first-order chi connectivity index (χ1) is 13.2. The molecule has 2 aromatic carbocycles. The highest BCUT2D eigenvalue weighted by atomic mass is 16.5. The Morgan fingerprint density at radius 1 is 1.04 bits per heavy atom. The van der Waals surface area contributed by atoms with Gasteiger partial charge in [-0.25, -0.2) is 0 Å². The molecule has 1 saturated heterocycles. The summed E-state index contributed by atoms with van der Waals surface area (Å²) < 4.78 is 5.61. The molecule has 0 spiro atoms. The maximum Gasteiger partial charge on any atom is 0.251 e. The van der Waals surface area contributed by atoms with Crippen molar-refractivity contribution in [1.82, 2.24) is 10.2 Å². The van der Waals surface area contributed by atoms with Crippen LogP contribution in [0.25, 0.3) is 0 Å². The molecule has 0 atom stereocenters. The molecule has 1 fully saturated rings. The van der Waals surface area contributed by atoms with Crippen molar-refractivity contribution in [1.29, 1.82) is 0 Å². The molecular formula is C22H26N2O3. The molecule has 1 N–H and O–H groups in total. The second-order valence-corrected chi connectivity index (χ2v) is 6.76. The molecule has 2 amide bonds. The van der Waals surface area contributed by atoms with E-state index in [1.807, 2.05) is 59.5 Å². The minimum atomic E-state index is -0.0816. The summed E-state index contributed by atoms with van der Waals surface area (Å²) in [6, 6.07) is 17.5. The predicted molar refractivity (Wildman–Crippen MR) is 104 cm³/mol. The summed E-state index contributed by atoms with van der Waals surface area (Å²) in [6.07, 6.45) is 2.36. The maximum atomic E-state index is 12.2. The number of benzene rings is 2. The topological polar surface area (TPSA) is 58.6 Å². The van der Waals surface area contributed by atoms with Crippen LogP contribution >= 0.6 is 0 Å². The molecule has 0 aromatic heterocycles. The van der Waals surface area contributed by atoms with Gasteiger partial charge in [0.2, 0.25) is 5.91 Å². The number of rotatable bonds is 9. The van der Waals surface area contributed by atoms with Crippen molar-refractivity contribution in [3.05, 3.63) is 71.3 Å². The van der Waals surface area contributed by atoms with E-state index in [4.69, 9.17) is 4.74 Å². The standard InChI is InChI=1S/C22H26N2O3/c25-21-8-4-14-24(21)16-18-9-11-20(12-10-18)22(26)23-13-5-15-27-17-19-6-2-1-3-7-19/h1-3,6-7,9-12H,4-5,8,13-17H2,(H,23,26). The summed E-state index contributed by atoms with van der Waals surface area (Å²) in [6.45, 7) is 3.23. The average Bonchev–Trinajstić information content (AvgIpc) is 3.10. The van der Waals surface area contributed by atoms with Crippen LogP contribution in [0.3, 0.4) is 0 Å². The van der Waals surface area contributed by atoms with Gasteiger partial charge in [0, 0.05) is 38.2 Å². The summed E-state index contributed by atoms with van der Waals surface area (Å²) in [4.78, 5) is 25.7. The summed E-state index contributed by atoms with van der Waals surface area (Å²) in [5.74, 6) is 0.133. The zero-order valence-electron chi connectivity index (χ0n) is 15.5. The molecule has 3 rings (SSSR count). The number of nitrogens with zero attached hydrogens (tertiary/aromatic N) is 1. The SMILES string of the molecule is O=C(NCCCOCc1ccccc1)c1ccc(CN2CCCC2=O)cc1. The Hall–Kier alpha value is -2.66. The summed E-state index contributed by atoms with van der Waals surface area (Å²) in [5.41, 5.74) is 2.84. The van der Waals surface area contributed by atoms with E-state index < -0.39 is 0 Å². The summed E-state index contributed by atoms with van der Waals surface area (Å²) in [7, 11) is 0. The molecule has 0 unspecified atom stereocenters. The Balaban J connectivity index is 1.33. The van der Waals surface area contributed by atoms with Crippen LogP contribution in [0.4, 0.5) is 0 Å². The minimum Gasteiger partial charge on any atom is -0.377 e. The molecule has 0 bridgehead atoms. The quantitative estimate of drug-likeness (QED) is 0.694. The molecular weight excluding hydrogens is 340 g/mol. The molecule has 5 heteroatoms. The summed E-state index contributed by atoms with van der Waals surface area (Å²) >= 11 is 0. The van der Waals surface area contributed by atoms with Crippen LogP contribution in [-0.2, 0) is 22.7 Å². The van der Waals surface area contributed by atoms with Gasteiger partial charge in [-0.05, 0) is 36.1 Å². The van der Waals surface area contributed by atoms with E-state index in [-0.39, 0.29) is 11.8 Å². The van der Waals surface area contributed by atoms with Crippen molar-refractivity contribution in [2.75, 3.05) is 19.7 Å². The average molecular weight is 366 g/mol. The number of hydrogen-bond acceptors (Lipinski definition) is 3. The van der Waals surface area contributed by atoms with Crippen molar-refractivity contribution in [3.8, 4) is 0 Å². The van der Waals surface area contributed by atoms with Crippen LogP contribution in [0.1, 0.15) is 40.7 Å². The van der Waals surface area contributed by atoms with Gasteiger partial charge in [-0.3, -0.25) is 9.59 Å². The van der Waals surface area contributed by atoms with Crippen molar-refractivity contribution >= 4 is 11.8 Å². The third-order valence-corrected chi connectivity index (χ3v) is 4.62. The second kappa shape index (κ2) is 9.88. The Bertz CT molecular complexity index is 744. The van der Waals surface area contributed by atoms with Crippen LogP contribution in [0, 0.1) is 0 Å². The molecule has 0 radical (unpaired) electrons. The van der Waals surface area contributed by atoms with Gasteiger partial charge >= 0.3 is 0 Å². The van der Waals surface area contributed by atoms with Crippen molar-refractivity contribution in [3.63, 3.8) is 0 Å². The van der Waals surface area contributed by atoms with Gasteiger partial charge in [-0.1, -0.05) is 42.5 Å². The monoisotopic (exact) mass is 366 g/mol. The smallest absolute Gasteiger partial charge is 0.251 e. The number of nitrogens with one attached hydrogen (secondary N) is 1. The van der Waals surface area contributed by atoms with Crippen LogP contribution < -0.4 is 5.32 Å². The number of hydrogen-bond donors (Lipinski definition) is 1. The highest BCUT2D eigenvalue weighted by molar-refractivity contribution is 5.94. The van der Waals surface area contributed by atoms with Gasteiger partial charge in [0.1, 0.15) is 0 Å². The number of carbonyl (C=O) groups excluding carboxylic acids is 2. The van der Waals surface area contributed by atoms with Crippen LogP contribution in [0.15, 0.2) is 54.6 Å². The molecule has 0 saturated carbocycles. The van der Waals surface area contributed by atoms with Crippen molar-refractivity contribution < 1.29 is 14.3 Å². The van der Waals surface area contributed by atoms with Gasteiger partial charge in [-0.15, -0.1) is 0 Å². The zero-order valence-corrected chi connectivity index (χ0v) is 15.5. The third-order valence-electron chi connectivity index (χ3n) is 4.62. The maximum absolute atomic E-state index is 12.2. The fourth-order valence-corrected chi connectivity index (χ4v) is 3.10. The lowest BCUT2D eigenvalue weighted by molar-refractivity contribution is -0.128. The molecule has 142 valence electrons. The number of likely N-dealkylation sites (tertiary alicyclic amines) is 1. The molecule has 2 aromatic rings. The lowest BCUT2D eigenvalue weighted by Crippen LogP contribution is -2.25. The predicted octanol–water partition coefficient (Wildman–Crippen LogP) is 3.15. The van der Waals surface area contributed by atoms with Crippen LogP contribution in [-0.4, -0.2) is 36.4 Å². The van der Waals surface area contributed by atoms with E-state index in [9.17, 15) is 9.59 Å². The normalized spacial score (nSPS) is 13.8. The van der Waals surface area contributed by atoms with Gasteiger partial charge in [-0.2, -0.15) is 0 Å². The van der Waals surface area contributed by atoms with Gasteiger partial charge < -0.3 is 15.0 Å². The van der Waals surface area contributed by atoms with E-state index in [1.54, 1.807) is 0 Å². The first kappa shape index (κ1) is 19.1. The van der Waals surface area contributed by atoms with E-state index in [0.29, 0.717) is 38.3 Å². The van der Waals surface area contributed by atoms with E-state index in [2.05, 4.69) is 5.32 Å². The fourth-order valence-electron chi connectivity index (χ4n) is 3.10. The first-order valence-corrected chi connectivity index (χ1v) is 9.49. The summed E-state index contributed by atoms with van der Waals surface area (Å²) in [5, 5.41) is 2.91. The van der Waals surface area contributed by atoms with E-state index >= 15 is 0 Å². The Morgan fingerprint density at radius 2 is 1.81 bits per heavy atom. The minimum absolute atomic E-state index is 0.0816. The van der Waals surface area contributed by atoms with Crippen LogP contribution in [0.5, 0.6) is 0 Å². The second-order valence-electron chi connectivity index (χ2n) is 6.76. The third kappa shape index (κ3) is 5.93. The fraction of sp³-hybridized carbons (Fsp3) is 0.364. The van der Waals surface area contributed by atoms with E-state index in [0.717, 1.165) is 30.5 Å². The highest BCUT2D eigenvalue weighted by Crippen LogP contribution is 2.14. The van der Waals surface area contributed by atoms with Crippen LogP contribution in [0.2, 0.25) is 0 Å². The van der Waals surface area contributed by atoms with Gasteiger partial charge in [0.05, 0.1) is 6.61 Å². The van der Waals surface area contributed by atoms with Crippen molar-refractivity contribution in [2.24, 2.45) is 0 Å². The van der Waals surface area contributed by atoms with Crippen molar-refractivity contribution in [2.45, 2.75) is 32.4 Å². The largest absolute Gasteiger partial charge is 0.377 e. The van der Waals surface area contributed by atoms with Gasteiger partial charge in [0.25, 0.3) is 5.91 Å². The molecule has 1 heterocycles. The molecule has 27 heavy (non-hydrogen) atoms. The Kier molecular flexibility index (Phi) is 6.99. The Labute approximate surface area is 160 Å².